The average molecular weight is 320 g/mol. The quantitative estimate of drug-likeness (QED) is 0.321. The SMILES string of the molecule is O=Cc1cc(C(O)C(O)CBr)cc([N+](=O)[O-])c1O. The molecule has 0 bridgehead atoms. The van der Waals surface area contributed by atoms with E-state index < -0.39 is 28.6 Å². The van der Waals surface area contributed by atoms with Gasteiger partial charge in [0.05, 0.1) is 16.6 Å². The lowest BCUT2D eigenvalue weighted by atomic mass is 10.0. The summed E-state index contributed by atoms with van der Waals surface area (Å²) in [6.45, 7) is 0. The van der Waals surface area contributed by atoms with E-state index in [4.69, 9.17) is 0 Å². The van der Waals surface area contributed by atoms with E-state index in [1.54, 1.807) is 0 Å². The second kappa shape index (κ2) is 5.89. The average Bonchev–Trinajstić information content (AvgIpc) is 2.36. The maximum atomic E-state index is 10.7. The first-order valence-corrected chi connectivity index (χ1v) is 5.93. The van der Waals surface area contributed by atoms with Crippen LogP contribution in [0.2, 0.25) is 0 Å². The van der Waals surface area contributed by atoms with Gasteiger partial charge in [0.15, 0.2) is 6.29 Å². The number of hydrogen-bond acceptors (Lipinski definition) is 6. The van der Waals surface area contributed by atoms with Gasteiger partial charge in [-0.15, -0.1) is 0 Å². The second-order valence-electron chi connectivity index (χ2n) is 3.52. The van der Waals surface area contributed by atoms with Crippen molar-refractivity contribution < 1.29 is 25.0 Å². The van der Waals surface area contributed by atoms with Crippen molar-refractivity contribution in [3.63, 3.8) is 0 Å². The number of nitrogens with zero attached hydrogens (tertiary/aromatic N) is 1. The van der Waals surface area contributed by atoms with Crippen molar-refractivity contribution in [2.45, 2.75) is 12.2 Å². The molecule has 7 nitrogen and oxygen atoms in total. The number of phenols is 1. The fourth-order valence-corrected chi connectivity index (χ4v) is 1.72. The number of carbonyl (C=O) groups excluding carboxylic acids is 1. The molecule has 8 heteroatoms. The summed E-state index contributed by atoms with van der Waals surface area (Å²) in [6.07, 6.45) is -2.35. The van der Waals surface area contributed by atoms with E-state index in [1.165, 1.54) is 0 Å². The summed E-state index contributed by atoms with van der Waals surface area (Å²) in [5, 5.41) is 39.3. The third-order valence-electron chi connectivity index (χ3n) is 2.33. The molecule has 0 aliphatic rings. The molecular formula is C10H10BrNO6. The Morgan fingerprint density at radius 1 is 1.44 bits per heavy atom. The zero-order chi connectivity index (χ0) is 13.9. The number of aliphatic hydroxyl groups is 2. The maximum Gasteiger partial charge on any atom is 0.311 e. The number of nitro benzene ring substituents is 1. The molecule has 1 aromatic carbocycles. The first-order chi connectivity index (χ1) is 8.42. The van der Waals surface area contributed by atoms with Gasteiger partial charge in [0.25, 0.3) is 0 Å². The van der Waals surface area contributed by atoms with Gasteiger partial charge >= 0.3 is 5.69 Å². The maximum absolute atomic E-state index is 10.7. The molecular weight excluding hydrogens is 310 g/mol. The topological polar surface area (TPSA) is 121 Å². The van der Waals surface area contributed by atoms with Crippen molar-refractivity contribution in [1.29, 1.82) is 0 Å². The standard InChI is InChI=1S/C10H10BrNO6/c11-3-8(14)10(16)5-1-6(4-13)9(15)7(2-5)12(17)18/h1-2,4,8,10,14-16H,3H2. The molecule has 0 amide bonds. The van der Waals surface area contributed by atoms with E-state index in [9.17, 15) is 30.2 Å². The summed E-state index contributed by atoms with van der Waals surface area (Å²) in [6, 6.07) is 2.00. The highest BCUT2D eigenvalue weighted by atomic mass is 79.9. The van der Waals surface area contributed by atoms with Crippen LogP contribution >= 0.6 is 15.9 Å². The lowest BCUT2D eigenvalue weighted by molar-refractivity contribution is -0.386. The lowest BCUT2D eigenvalue weighted by Gasteiger charge is -2.16. The van der Waals surface area contributed by atoms with Crippen molar-refractivity contribution in [2.24, 2.45) is 0 Å². The van der Waals surface area contributed by atoms with Crippen molar-refractivity contribution >= 4 is 27.9 Å². The minimum atomic E-state index is -1.40. The number of aromatic hydroxyl groups is 1. The summed E-state index contributed by atoms with van der Waals surface area (Å²) >= 11 is 2.95. The van der Waals surface area contributed by atoms with E-state index >= 15 is 0 Å². The largest absolute Gasteiger partial charge is 0.502 e. The molecule has 1 aromatic rings. The Morgan fingerprint density at radius 2 is 2.06 bits per heavy atom. The fourth-order valence-electron chi connectivity index (χ4n) is 1.37. The van der Waals surface area contributed by atoms with Crippen LogP contribution in [0.1, 0.15) is 22.0 Å². The van der Waals surface area contributed by atoms with Crippen LogP contribution in [0.15, 0.2) is 12.1 Å². The Hall–Kier alpha value is -1.51. The molecule has 18 heavy (non-hydrogen) atoms. The van der Waals surface area contributed by atoms with Crippen LogP contribution in [0, 0.1) is 10.1 Å². The molecule has 2 unspecified atom stereocenters. The highest BCUT2D eigenvalue weighted by Crippen LogP contribution is 2.33. The van der Waals surface area contributed by atoms with Crippen LogP contribution in [-0.2, 0) is 0 Å². The molecule has 0 heterocycles. The number of hydrogen-bond donors (Lipinski definition) is 3. The van der Waals surface area contributed by atoms with Gasteiger partial charge in [-0.25, -0.2) is 0 Å². The van der Waals surface area contributed by atoms with Crippen LogP contribution in [0.5, 0.6) is 5.75 Å². The predicted molar refractivity (Wildman–Crippen MR) is 64.9 cm³/mol. The van der Waals surface area contributed by atoms with Crippen molar-refractivity contribution in [3.05, 3.63) is 33.4 Å². The van der Waals surface area contributed by atoms with Crippen LogP contribution in [0.4, 0.5) is 5.69 Å². The van der Waals surface area contributed by atoms with E-state index in [1.807, 2.05) is 0 Å². The van der Waals surface area contributed by atoms with Gasteiger partial charge in [0.1, 0.15) is 6.10 Å². The van der Waals surface area contributed by atoms with Gasteiger partial charge in [-0.05, 0) is 11.6 Å². The number of nitro groups is 1. The summed E-state index contributed by atoms with van der Waals surface area (Å²) < 4.78 is 0. The smallest absolute Gasteiger partial charge is 0.311 e. The molecule has 0 saturated heterocycles. The number of alkyl halides is 1. The van der Waals surface area contributed by atoms with Gasteiger partial charge in [0, 0.05) is 11.4 Å². The summed E-state index contributed by atoms with van der Waals surface area (Å²) in [7, 11) is 0. The van der Waals surface area contributed by atoms with Crippen molar-refractivity contribution in [1.82, 2.24) is 0 Å². The van der Waals surface area contributed by atoms with E-state index in [-0.39, 0.29) is 22.7 Å². The van der Waals surface area contributed by atoms with E-state index in [0.717, 1.165) is 12.1 Å². The first-order valence-electron chi connectivity index (χ1n) is 4.81. The molecule has 98 valence electrons. The number of rotatable bonds is 5. The normalized spacial score (nSPS) is 13.9. The monoisotopic (exact) mass is 319 g/mol. The summed E-state index contributed by atoms with van der Waals surface area (Å²) in [5.74, 6) is -0.765. The molecule has 1 rings (SSSR count). The fraction of sp³-hybridized carbons (Fsp3) is 0.300. The van der Waals surface area contributed by atoms with Gasteiger partial charge in [-0.3, -0.25) is 14.9 Å². The molecule has 0 aliphatic heterocycles. The van der Waals surface area contributed by atoms with E-state index in [0.29, 0.717) is 0 Å². The van der Waals surface area contributed by atoms with Crippen molar-refractivity contribution in [3.8, 4) is 5.75 Å². The van der Waals surface area contributed by atoms with Gasteiger partial charge in [-0.1, -0.05) is 15.9 Å². The lowest BCUT2D eigenvalue weighted by Crippen LogP contribution is -2.19. The van der Waals surface area contributed by atoms with Crippen molar-refractivity contribution in [2.75, 3.05) is 5.33 Å². The minimum absolute atomic E-state index is 0.0199. The number of benzene rings is 1. The molecule has 0 spiro atoms. The number of halogens is 1. The van der Waals surface area contributed by atoms with E-state index in [2.05, 4.69) is 15.9 Å². The zero-order valence-corrected chi connectivity index (χ0v) is 10.6. The Balaban J connectivity index is 3.34. The molecule has 0 aliphatic carbocycles. The Bertz CT molecular complexity index is 478. The van der Waals surface area contributed by atoms with Gasteiger partial charge in [0.2, 0.25) is 5.75 Å². The highest BCUT2D eigenvalue weighted by Gasteiger charge is 2.24. The number of aldehydes is 1. The first kappa shape index (κ1) is 14.6. The highest BCUT2D eigenvalue weighted by molar-refractivity contribution is 9.09. The summed E-state index contributed by atoms with van der Waals surface area (Å²) in [4.78, 5) is 20.5. The number of aliphatic hydroxyl groups excluding tert-OH is 2. The van der Waals surface area contributed by atoms with Gasteiger partial charge in [-0.2, -0.15) is 0 Å². The third-order valence-corrected chi connectivity index (χ3v) is 2.99. The molecule has 2 atom stereocenters. The molecule has 0 fully saturated rings. The Kier molecular flexibility index (Phi) is 4.76. The minimum Gasteiger partial charge on any atom is -0.502 e. The van der Waals surface area contributed by atoms with Crippen LogP contribution in [0.25, 0.3) is 0 Å². The van der Waals surface area contributed by atoms with Crippen LogP contribution in [0.3, 0.4) is 0 Å². The Labute approximate surface area is 110 Å². The summed E-state index contributed by atoms with van der Waals surface area (Å²) in [5.41, 5.74) is -1.04. The number of phenolic OH excluding ortho intramolecular Hbond substituents is 1. The number of carbonyl (C=O) groups is 1. The van der Waals surface area contributed by atoms with Crippen LogP contribution < -0.4 is 0 Å². The third kappa shape index (κ3) is 2.84. The second-order valence-corrected chi connectivity index (χ2v) is 4.17. The molecule has 0 radical (unpaired) electrons. The molecule has 3 N–H and O–H groups in total. The zero-order valence-electron chi connectivity index (χ0n) is 8.99. The predicted octanol–water partition coefficient (Wildman–Crippen LogP) is 0.902. The van der Waals surface area contributed by atoms with Gasteiger partial charge < -0.3 is 15.3 Å². The molecule has 0 saturated carbocycles. The molecule has 0 aromatic heterocycles. The van der Waals surface area contributed by atoms with Crippen LogP contribution in [-0.4, -0.2) is 38.0 Å². The Morgan fingerprint density at radius 3 is 2.50 bits per heavy atom.